The Kier molecular flexibility index (Phi) is 7.84. The average molecular weight is 353 g/mol. The van der Waals surface area contributed by atoms with Gasteiger partial charge in [0, 0.05) is 6.42 Å². The zero-order chi connectivity index (χ0) is 16.5. The molecule has 0 aliphatic carbocycles. The van der Waals surface area contributed by atoms with Gasteiger partial charge in [-0.1, -0.05) is 18.6 Å². The van der Waals surface area contributed by atoms with Crippen LogP contribution in [0.4, 0.5) is 0 Å². The molecule has 0 N–H and O–H groups in total. The number of rotatable bonds is 9. The van der Waals surface area contributed by atoms with Crippen molar-refractivity contribution >= 4 is 29.8 Å². The Balaban J connectivity index is 1.91. The minimum atomic E-state index is 0.275. The van der Waals surface area contributed by atoms with Crippen molar-refractivity contribution in [1.82, 2.24) is 0 Å². The van der Waals surface area contributed by atoms with E-state index < -0.39 is 0 Å². The van der Waals surface area contributed by atoms with Gasteiger partial charge in [0.05, 0.1) is 16.6 Å². The maximum Gasteiger partial charge on any atom is 0.120 e. The third-order valence-corrected chi connectivity index (χ3v) is 7.60. The second-order valence-corrected chi connectivity index (χ2v) is 9.79. The first-order valence-electron chi connectivity index (χ1n) is 8.52. The Morgan fingerprint density at radius 1 is 1.43 bits per heavy atom. The van der Waals surface area contributed by atoms with E-state index in [1.165, 1.54) is 29.1 Å². The molecule has 1 aromatic heterocycles. The van der Waals surface area contributed by atoms with Gasteiger partial charge in [-0.15, -0.1) is 23.5 Å². The smallest absolute Gasteiger partial charge is 0.120 e. The van der Waals surface area contributed by atoms with E-state index in [2.05, 4.69) is 43.4 Å². The standard InChI is InChI=1S/C19H28O2S2/c1-16(5-3-6-18-8-10-21-15-18)13-19(14-17(2)7-9-20)22-11-4-12-23-19/h5,8-10,15,17H,3-4,6-7,11-14H2,1-2H3/b16-5+/t17-/m0/s1. The number of hydrogen-bond donors (Lipinski definition) is 0. The zero-order valence-electron chi connectivity index (χ0n) is 14.3. The van der Waals surface area contributed by atoms with Crippen molar-refractivity contribution in [3.05, 3.63) is 35.8 Å². The van der Waals surface area contributed by atoms with Crippen LogP contribution in [0.1, 0.15) is 51.5 Å². The molecule has 1 aliphatic heterocycles. The summed E-state index contributed by atoms with van der Waals surface area (Å²) in [6.45, 7) is 4.47. The first kappa shape index (κ1) is 18.7. The molecule has 0 amide bonds. The van der Waals surface area contributed by atoms with Crippen molar-refractivity contribution in [2.75, 3.05) is 11.5 Å². The van der Waals surface area contributed by atoms with Gasteiger partial charge in [0.25, 0.3) is 0 Å². The molecule has 0 saturated carbocycles. The quantitative estimate of drug-likeness (QED) is 0.419. The molecule has 128 valence electrons. The van der Waals surface area contributed by atoms with Gasteiger partial charge >= 0.3 is 0 Å². The topological polar surface area (TPSA) is 30.2 Å². The molecule has 0 spiro atoms. The summed E-state index contributed by atoms with van der Waals surface area (Å²) in [5.41, 5.74) is 2.75. The Hall–Kier alpha value is -0.610. The van der Waals surface area contributed by atoms with Crippen LogP contribution in [-0.4, -0.2) is 21.9 Å². The molecule has 1 fully saturated rings. The Bertz CT molecular complexity index is 487. The van der Waals surface area contributed by atoms with E-state index in [0.29, 0.717) is 12.3 Å². The van der Waals surface area contributed by atoms with Gasteiger partial charge in [-0.3, -0.25) is 0 Å². The number of aldehydes is 1. The van der Waals surface area contributed by atoms with E-state index >= 15 is 0 Å². The SMILES string of the molecule is C/C(=C\CCc1ccoc1)CC1(C[C@@H](C)CC=O)SCCCS1. The van der Waals surface area contributed by atoms with Crippen LogP contribution in [0.15, 0.2) is 34.7 Å². The normalized spacial score (nSPS) is 19.5. The van der Waals surface area contributed by atoms with E-state index in [1.807, 2.05) is 12.3 Å². The fourth-order valence-electron chi connectivity index (χ4n) is 3.10. The summed E-state index contributed by atoms with van der Waals surface area (Å²) in [5, 5.41) is 0. The molecular weight excluding hydrogens is 324 g/mol. The van der Waals surface area contributed by atoms with Crippen LogP contribution >= 0.6 is 23.5 Å². The van der Waals surface area contributed by atoms with Crippen LogP contribution in [0.3, 0.4) is 0 Å². The van der Waals surface area contributed by atoms with Gasteiger partial charge in [-0.25, -0.2) is 0 Å². The first-order chi connectivity index (χ1) is 11.1. The maximum absolute atomic E-state index is 10.8. The third-order valence-electron chi connectivity index (χ3n) is 4.23. The van der Waals surface area contributed by atoms with E-state index in [4.69, 9.17) is 4.42 Å². The second-order valence-electron chi connectivity index (χ2n) is 6.57. The molecule has 2 heterocycles. The van der Waals surface area contributed by atoms with E-state index in [9.17, 15) is 4.79 Å². The molecule has 1 saturated heterocycles. The highest BCUT2D eigenvalue weighted by molar-refractivity contribution is 8.18. The summed E-state index contributed by atoms with van der Waals surface area (Å²) in [7, 11) is 0. The molecule has 1 aliphatic rings. The average Bonchev–Trinajstić information content (AvgIpc) is 3.01. The molecule has 1 aromatic rings. The lowest BCUT2D eigenvalue weighted by atomic mass is 9.97. The lowest BCUT2D eigenvalue weighted by Crippen LogP contribution is -2.28. The first-order valence-corrected chi connectivity index (χ1v) is 10.5. The number of carbonyl (C=O) groups is 1. The zero-order valence-corrected chi connectivity index (χ0v) is 15.9. The number of hydrogen-bond acceptors (Lipinski definition) is 4. The Morgan fingerprint density at radius 2 is 2.22 bits per heavy atom. The molecule has 23 heavy (non-hydrogen) atoms. The van der Waals surface area contributed by atoms with Crippen LogP contribution in [0, 0.1) is 5.92 Å². The molecule has 2 nitrogen and oxygen atoms in total. The second kappa shape index (κ2) is 9.63. The highest BCUT2D eigenvalue weighted by Crippen LogP contribution is 2.50. The van der Waals surface area contributed by atoms with E-state index in [1.54, 1.807) is 6.26 Å². The van der Waals surface area contributed by atoms with Gasteiger partial charge in [-0.2, -0.15) is 0 Å². The number of carbonyl (C=O) groups excluding carboxylic acids is 1. The predicted molar refractivity (Wildman–Crippen MR) is 102 cm³/mol. The van der Waals surface area contributed by atoms with Crippen molar-refractivity contribution in [2.45, 2.75) is 56.5 Å². The molecule has 0 unspecified atom stereocenters. The molecular formula is C19H28O2S2. The summed E-state index contributed by atoms with van der Waals surface area (Å²) < 4.78 is 5.40. The third kappa shape index (κ3) is 6.42. The molecule has 1 atom stereocenters. The van der Waals surface area contributed by atoms with Crippen molar-refractivity contribution in [3.8, 4) is 0 Å². The molecule has 0 bridgehead atoms. The Labute approximate surface area is 148 Å². The van der Waals surface area contributed by atoms with Gasteiger partial charge in [-0.05, 0) is 68.1 Å². The minimum Gasteiger partial charge on any atom is -0.472 e. The molecule has 0 radical (unpaired) electrons. The van der Waals surface area contributed by atoms with Crippen LogP contribution in [-0.2, 0) is 11.2 Å². The van der Waals surface area contributed by atoms with Crippen molar-refractivity contribution in [2.24, 2.45) is 5.92 Å². The van der Waals surface area contributed by atoms with Gasteiger partial charge in [0.2, 0.25) is 0 Å². The summed E-state index contributed by atoms with van der Waals surface area (Å²) >= 11 is 4.23. The van der Waals surface area contributed by atoms with E-state index in [-0.39, 0.29) is 4.08 Å². The summed E-state index contributed by atoms with van der Waals surface area (Å²) in [4.78, 5) is 10.8. The molecule has 0 aromatic carbocycles. The fourth-order valence-corrected chi connectivity index (χ4v) is 6.91. The lowest BCUT2D eigenvalue weighted by molar-refractivity contribution is -0.108. The minimum absolute atomic E-state index is 0.275. The predicted octanol–water partition coefficient (Wildman–Crippen LogP) is 5.73. The van der Waals surface area contributed by atoms with Crippen LogP contribution in [0.2, 0.25) is 0 Å². The highest BCUT2D eigenvalue weighted by Gasteiger charge is 2.35. The largest absolute Gasteiger partial charge is 0.472 e. The highest BCUT2D eigenvalue weighted by atomic mass is 32.2. The number of furan rings is 1. The maximum atomic E-state index is 10.8. The van der Waals surface area contributed by atoms with Gasteiger partial charge in [0.15, 0.2) is 0 Å². The number of thioether (sulfide) groups is 2. The summed E-state index contributed by atoms with van der Waals surface area (Å²) in [6.07, 6.45) is 13.4. The van der Waals surface area contributed by atoms with E-state index in [0.717, 1.165) is 32.0 Å². The van der Waals surface area contributed by atoms with Gasteiger partial charge < -0.3 is 9.21 Å². The molecule has 2 rings (SSSR count). The number of aryl methyl sites for hydroxylation is 1. The lowest BCUT2D eigenvalue weighted by Gasteiger charge is -2.38. The van der Waals surface area contributed by atoms with Crippen LogP contribution < -0.4 is 0 Å². The Morgan fingerprint density at radius 3 is 2.87 bits per heavy atom. The van der Waals surface area contributed by atoms with Crippen molar-refractivity contribution < 1.29 is 9.21 Å². The molecule has 4 heteroatoms. The fraction of sp³-hybridized carbons (Fsp3) is 0.632. The van der Waals surface area contributed by atoms with Crippen molar-refractivity contribution in [3.63, 3.8) is 0 Å². The monoisotopic (exact) mass is 352 g/mol. The number of allylic oxidation sites excluding steroid dienone is 2. The summed E-state index contributed by atoms with van der Waals surface area (Å²) in [5.74, 6) is 2.98. The van der Waals surface area contributed by atoms with Crippen LogP contribution in [0.25, 0.3) is 0 Å². The summed E-state index contributed by atoms with van der Waals surface area (Å²) in [6, 6.07) is 2.04. The van der Waals surface area contributed by atoms with Crippen LogP contribution in [0.5, 0.6) is 0 Å². The van der Waals surface area contributed by atoms with Crippen molar-refractivity contribution in [1.29, 1.82) is 0 Å². The van der Waals surface area contributed by atoms with Gasteiger partial charge in [0.1, 0.15) is 6.29 Å².